The lowest BCUT2D eigenvalue weighted by atomic mass is 9.80. The van der Waals surface area contributed by atoms with Crippen molar-refractivity contribution in [2.45, 2.75) is 5.60 Å². The molecule has 0 aliphatic heterocycles. The van der Waals surface area contributed by atoms with Crippen LogP contribution in [-0.4, -0.2) is 19.3 Å². The highest BCUT2D eigenvalue weighted by Gasteiger charge is 2.33. The van der Waals surface area contributed by atoms with E-state index >= 15 is 0 Å². The summed E-state index contributed by atoms with van der Waals surface area (Å²) in [6, 6.07) is 22.6. The maximum atomic E-state index is 11.8. The van der Waals surface area contributed by atoms with Crippen LogP contribution < -0.4 is 9.47 Å². The van der Waals surface area contributed by atoms with Gasteiger partial charge in [-0.15, -0.1) is 0 Å². The van der Waals surface area contributed by atoms with Crippen molar-refractivity contribution in [2.24, 2.45) is 0 Å². The van der Waals surface area contributed by atoms with Crippen molar-refractivity contribution in [2.75, 3.05) is 14.2 Å². The molecule has 0 bridgehead atoms. The van der Waals surface area contributed by atoms with Crippen molar-refractivity contribution in [3.63, 3.8) is 0 Å². The van der Waals surface area contributed by atoms with Gasteiger partial charge in [-0.05, 0) is 46.5 Å². The molecule has 3 heteroatoms. The van der Waals surface area contributed by atoms with Crippen molar-refractivity contribution < 1.29 is 14.6 Å². The number of ether oxygens (including phenoxy) is 2. The molecule has 0 aromatic heterocycles. The SMILES string of the molecule is C=Cc1ccc(C(O)(c2ccc(OC)cc2)c2ccc(OC)cc2)cc1. The smallest absolute Gasteiger partial charge is 0.140 e. The number of benzene rings is 3. The van der Waals surface area contributed by atoms with E-state index in [2.05, 4.69) is 6.58 Å². The minimum absolute atomic E-state index is 0.743. The molecule has 0 spiro atoms. The number of hydrogen-bond donors (Lipinski definition) is 1. The first-order valence-corrected chi connectivity index (χ1v) is 8.36. The second-order valence-electron chi connectivity index (χ2n) is 5.99. The van der Waals surface area contributed by atoms with Gasteiger partial charge < -0.3 is 14.6 Å². The van der Waals surface area contributed by atoms with Crippen LogP contribution in [0.15, 0.2) is 79.4 Å². The molecule has 0 atom stereocenters. The van der Waals surface area contributed by atoms with E-state index in [9.17, 15) is 5.11 Å². The predicted molar refractivity (Wildman–Crippen MR) is 105 cm³/mol. The highest BCUT2D eigenvalue weighted by Crippen LogP contribution is 2.38. The normalized spacial score (nSPS) is 11.0. The van der Waals surface area contributed by atoms with Crippen LogP contribution in [0, 0.1) is 0 Å². The van der Waals surface area contributed by atoms with E-state index in [1.54, 1.807) is 20.3 Å². The molecule has 0 aliphatic carbocycles. The molecular formula is C23H22O3. The Morgan fingerprint density at radius 2 is 1.04 bits per heavy atom. The molecule has 0 unspecified atom stereocenters. The fraction of sp³-hybridized carbons (Fsp3) is 0.130. The molecule has 0 amide bonds. The quantitative estimate of drug-likeness (QED) is 0.661. The number of aliphatic hydroxyl groups is 1. The van der Waals surface area contributed by atoms with Gasteiger partial charge in [-0.25, -0.2) is 0 Å². The fourth-order valence-corrected chi connectivity index (χ4v) is 3.02. The third kappa shape index (κ3) is 3.22. The lowest BCUT2D eigenvalue weighted by Gasteiger charge is -2.30. The van der Waals surface area contributed by atoms with Gasteiger partial charge in [-0.3, -0.25) is 0 Å². The number of hydrogen-bond acceptors (Lipinski definition) is 3. The summed E-state index contributed by atoms with van der Waals surface area (Å²) in [5.41, 5.74) is 2.00. The Labute approximate surface area is 154 Å². The van der Waals surface area contributed by atoms with Gasteiger partial charge in [0.1, 0.15) is 17.1 Å². The molecule has 0 heterocycles. The first-order valence-electron chi connectivity index (χ1n) is 8.36. The van der Waals surface area contributed by atoms with Crippen LogP contribution in [0.1, 0.15) is 22.3 Å². The minimum atomic E-state index is -1.29. The van der Waals surface area contributed by atoms with Crippen molar-refractivity contribution in [1.29, 1.82) is 0 Å². The van der Waals surface area contributed by atoms with Crippen LogP contribution in [0.25, 0.3) is 6.08 Å². The molecule has 0 aliphatic rings. The Balaban J connectivity index is 2.16. The van der Waals surface area contributed by atoms with Gasteiger partial charge in [0.05, 0.1) is 14.2 Å². The van der Waals surface area contributed by atoms with Crippen LogP contribution in [0.4, 0.5) is 0 Å². The molecule has 0 saturated carbocycles. The van der Waals surface area contributed by atoms with Crippen molar-refractivity contribution in [3.05, 3.63) is 102 Å². The van der Waals surface area contributed by atoms with Gasteiger partial charge in [0.25, 0.3) is 0 Å². The minimum Gasteiger partial charge on any atom is -0.497 e. The summed E-state index contributed by atoms with van der Waals surface area (Å²) in [6.45, 7) is 3.79. The molecule has 0 saturated heterocycles. The van der Waals surface area contributed by atoms with E-state index in [0.29, 0.717) is 0 Å². The average Bonchev–Trinajstić information content (AvgIpc) is 2.73. The summed E-state index contributed by atoms with van der Waals surface area (Å²) in [5.74, 6) is 1.49. The van der Waals surface area contributed by atoms with Crippen LogP contribution in [-0.2, 0) is 5.60 Å². The highest BCUT2D eigenvalue weighted by molar-refractivity contribution is 5.53. The molecule has 0 radical (unpaired) electrons. The zero-order valence-corrected chi connectivity index (χ0v) is 15.0. The highest BCUT2D eigenvalue weighted by atomic mass is 16.5. The molecule has 132 valence electrons. The Bertz CT molecular complexity index is 815. The van der Waals surface area contributed by atoms with Gasteiger partial charge in [-0.2, -0.15) is 0 Å². The summed E-state index contributed by atoms with van der Waals surface area (Å²) in [5, 5.41) is 11.8. The Morgan fingerprint density at radius 1 is 0.692 bits per heavy atom. The van der Waals surface area contributed by atoms with Crippen molar-refractivity contribution >= 4 is 6.08 Å². The molecular weight excluding hydrogens is 324 g/mol. The monoisotopic (exact) mass is 346 g/mol. The fourth-order valence-electron chi connectivity index (χ4n) is 3.02. The van der Waals surface area contributed by atoms with Crippen molar-refractivity contribution in [3.8, 4) is 11.5 Å². The number of rotatable bonds is 6. The van der Waals surface area contributed by atoms with E-state index in [-0.39, 0.29) is 0 Å². The Kier molecular flexibility index (Phi) is 5.10. The lowest BCUT2D eigenvalue weighted by molar-refractivity contribution is 0.125. The standard InChI is InChI=1S/C23H22O3/c1-4-17-5-7-18(8-6-17)23(24,19-9-13-21(25-2)14-10-19)20-11-15-22(26-3)16-12-20/h4-16,24H,1H2,2-3H3. The topological polar surface area (TPSA) is 38.7 Å². The third-order valence-corrected chi connectivity index (χ3v) is 4.58. The molecule has 0 fully saturated rings. The molecule has 3 aromatic carbocycles. The van der Waals surface area contributed by atoms with Gasteiger partial charge in [0.15, 0.2) is 0 Å². The van der Waals surface area contributed by atoms with Crippen LogP contribution >= 0.6 is 0 Å². The number of methoxy groups -OCH3 is 2. The van der Waals surface area contributed by atoms with E-state index < -0.39 is 5.60 Å². The zero-order chi connectivity index (χ0) is 18.6. The first kappa shape index (κ1) is 17.8. The van der Waals surface area contributed by atoms with Crippen LogP contribution in [0.3, 0.4) is 0 Å². The summed E-state index contributed by atoms with van der Waals surface area (Å²) in [6.07, 6.45) is 1.78. The second-order valence-corrected chi connectivity index (χ2v) is 5.99. The zero-order valence-electron chi connectivity index (χ0n) is 15.0. The summed E-state index contributed by atoms with van der Waals surface area (Å²) in [4.78, 5) is 0. The maximum Gasteiger partial charge on any atom is 0.140 e. The summed E-state index contributed by atoms with van der Waals surface area (Å²) >= 11 is 0. The first-order chi connectivity index (χ1) is 12.6. The van der Waals surface area contributed by atoms with E-state index in [1.807, 2.05) is 72.8 Å². The molecule has 26 heavy (non-hydrogen) atoms. The van der Waals surface area contributed by atoms with E-state index in [1.165, 1.54) is 0 Å². The summed E-state index contributed by atoms with van der Waals surface area (Å²) in [7, 11) is 3.25. The lowest BCUT2D eigenvalue weighted by Crippen LogP contribution is -2.28. The molecule has 3 rings (SSSR count). The Morgan fingerprint density at radius 3 is 1.35 bits per heavy atom. The maximum absolute atomic E-state index is 11.8. The largest absolute Gasteiger partial charge is 0.497 e. The molecule has 3 aromatic rings. The van der Waals surface area contributed by atoms with Gasteiger partial charge >= 0.3 is 0 Å². The van der Waals surface area contributed by atoms with Crippen LogP contribution in [0.5, 0.6) is 11.5 Å². The van der Waals surface area contributed by atoms with E-state index in [4.69, 9.17) is 9.47 Å². The average molecular weight is 346 g/mol. The third-order valence-electron chi connectivity index (χ3n) is 4.58. The second kappa shape index (κ2) is 7.46. The van der Waals surface area contributed by atoms with Gasteiger partial charge in [0.2, 0.25) is 0 Å². The molecule has 1 N–H and O–H groups in total. The predicted octanol–water partition coefficient (Wildman–Crippen LogP) is 4.63. The molecule has 3 nitrogen and oxygen atoms in total. The van der Waals surface area contributed by atoms with Crippen molar-refractivity contribution in [1.82, 2.24) is 0 Å². The van der Waals surface area contributed by atoms with Gasteiger partial charge in [-0.1, -0.05) is 61.2 Å². The Hall–Kier alpha value is -3.04. The van der Waals surface area contributed by atoms with Crippen LogP contribution in [0.2, 0.25) is 0 Å². The van der Waals surface area contributed by atoms with Gasteiger partial charge in [0, 0.05) is 0 Å². The summed E-state index contributed by atoms with van der Waals surface area (Å²) < 4.78 is 10.5. The van der Waals surface area contributed by atoms with E-state index in [0.717, 1.165) is 33.8 Å².